The van der Waals surface area contributed by atoms with Gasteiger partial charge < -0.3 is 14.4 Å². The molecule has 170 valence electrons. The first-order valence-corrected chi connectivity index (χ1v) is 11.1. The Hall–Kier alpha value is -2.84. The van der Waals surface area contributed by atoms with Gasteiger partial charge >= 0.3 is 0 Å². The van der Waals surface area contributed by atoms with Gasteiger partial charge in [0.1, 0.15) is 18.2 Å². The molecular formula is C24H30N4O4. The standard InChI is InChI=1S/C24H30N4O4/c1-17-20-10-11-22(29)28(13-18-7-4-3-5-8-18)24(20)26-21(25-17)14-27(2)23(30)16-31-15-19-9-6-12-32-19/h3-5,7-8,19H,6,9-16H2,1-2H3/t19-/m1/s1. The van der Waals surface area contributed by atoms with Gasteiger partial charge in [0.25, 0.3) is 0 Å². The van der Waals surface area contributed by atoms with Crippen LogP contribution in [-0.2, 0) is 38.6 Å². The van der Waals surface area contributed by atoms with Crippen LogP contribution in [0.1, 0.15) is 41.9 Å². The molecule has 2 aliphatic heterocycles. The smallest absolute Gasteiger partial charge is 0.248 e. The molecule has 1 atom stereocenters. The van der Waals surface area contributed by atoms with Crippen LogP contribution in [0.5, 0.6) is 0 Å². The van der Waals surface area contributed by atoms with Crippen molar-refractivity contribution in [2.24, 2.45) is 0 Å². The zero-order chi connectivity index (χ0) is 22.5. The van der Waals surface area contributed by atoms with Crippen molar-refractivity contribution in [2.45, 2.75) is 51.8 Å². The van der Waals surface area contributed by atoms with Crippen molar-refractivity contribution in [1.29, 1.82) is 0 Å². The highest BCUT2D eigenvalue weighted by Crippen LogP contribution is 2.29. The molecule has 1 aromatic heterocycles. The number of anilines is 1. The largest absolute Gasteiger partial charge is 0.376 e. The second-order valence-electron chi connectivity index (χ2n) is 8.39. The van der Waals surface area contributed by atoms with Crippen LogP contribution in [0.25, 0.3) is 0 Å². The number of likely N-dealkylation sites (N-methyl/N-ethyl adjacent to an activating group) is 1. The Bertz CT molecular complexity index is 960. The van der Waals surface area contributed by atoms with Gasteiger partial charge in [-0.05, 0) is 31.7 Å². The summed E-state index contributed by atoms with van der Waals surface area (Å²) in [5.41, 5.74) is 2.89. The lowest BCUT2D eigenvalue weighted by atomic mass is 10.0. The second kappa shape index (κ2) is 10.2. The van der Waals surface area contributed by atoms with Gasteiger partial charge in [-0.15, -0.1) is 0 Å². The minimum atomic E-state index is -0.140. The molecule has 8 heteroatoms. The average Bonchev–Trinajstić information content (AvgIpc) is 3.30. The van der Waals surface area contributed by atoms with Crippen molar-refractivity contribution >= 4 is 17.6 Å². The third-order valence-corrected chi connectivity index (χ3v) is 5.93. The summed E-state index contributed by atoms with van der Waals surface area (Å²) in [6.45, 7) is 3.86. The van der Waals surface area contributed by atoms with Gasteiger partial charge in [-0.2, -0.15) is 0 Å². The van der Waals surface area contributed by atoms with Crippen LogP contribution in [0.4, 0.5) is 5.82 Å². The zero-order valence-electron chi connectivity index (χ0n) is 18.7. The first kappa shape index (κ1) is 22.4. The van der Waals surface area contributed by atoms with Gasteiger partial charge in [0.15, 0.2) is 0 Å². The summed E-state index contributed by atoms with van der Waals surface area (Å²) in [7, 11) is 1.71. The number of aromatic nitrogens is 2. The highest BCUT2D eigenvalue weighted by Gasteiger charge is 2.28. The van der Waals surface area contributed by atoms with Crippen molar-refractivity contribution in [1.82, 2.24) is 14.9 Å². The number of nitrogens with zero attached hydrogens (tertiary/aromatic N) is 4. The molecule has 0 saturated carbocycles. The van der Waals surface area contributed by atoms with E-state index in [1.54, 1.807) is 16.8 Å². The van der Waals surface area contributed by atoms with Crippen molar-refractivity contribution < 1.29 is 19.1 Å². The topological polar surface area (TPSA) is 84.9 Å². The maximum absolute atomic E-state index is 12.7. The van der Waals surface area contributed by atoms with Crippen LogP contribution in [0.15, 0.2) is 30.3 Å². The van der Waals surface area contributed by atoms with Crippen LogP contribution in [-0.4, -0.2) is 59.7 Å². The molecule has 2 aliphatic rings. The molecule has 0 radical (unpaired) electrons. The minimum Gasteiger partial charge on any atom is -0.376 e. The highest BCUT2D eigenvalue weighted by molar-refractivity contribution is 5.95. The monoisotopic (exact) mass is 438 g/mol. The number of aryl methyl sites for hydroxylation is 1. The van der Waals surface area contributed by atoms with Crippen molar-refractivity contribution in [3.8, 4) is 0 Å². The number of rotatable bonds is 8. The Kier molecular flexibility index (Phi) is 7.12. The van der Waals surface area contributed by atoms with Crippen molar-refractivity contribution in [2.75, 3.05) is 31.8 Å². The molecule has 2 aromatic rings. The molecule has 0 bridgehead atoms. The number of benzene rings is 1. The fourth-order valence-electron chi connectivity index (χ4n) is 4.10. The predicted molar refractivity (Wildman–Crippen MR) is 119 cm³/mol. The summed E-state index contributed by atoms with van der Waals surface area (Å²) in [6, 6.07) is 9.88. The lowest BCUT2D eigenvalue weighted by molar-refractivity contribution is -0.136. The van der Waals surface area contributed by atoms with E-state index in [2.05, 4.69) is 4.98 Å². The minimum absolute atomic E-state index is 0.00109. The lowest BCUT2D eigenvalue weighted by Crippen LogP contribution is -2.37. The molecule has 1 aromatic carbocycles. The fraction of sp³-hybridized carbons (Fsp3) is 0.500. The maximum Gasteiger partial charge on any atom is 0.248 e. The Morgan fingerprint density at radius 3 is 2.81 bits per heavy atom. The van der Waals surface area contributed by atoms with E-state index in [0.717, 1.165) is 36.3 Å². The van der Waals surface area contributed by atoms with Gasteiger partial charge in [-0.25, -0.2) is 9.97 Å². The molecule has 1 saturated heterocycles. The summed E-state index contributed by atoms with van der Waals surface area (Å²) in [4.78, 5) is 37.8. The average molecular weight is 439 g/mol. The Morgan fingerprint density at radius 1 is 1.25 bits per heavy atom. The molecular weight excluding hydrogens is 408 g/mol. The van der Waals surface area contributed by atoms with Crippen LogP contribution in [0.3, 0.4) is 0 Å². The number of fused-ring (bicyclic) bond motifs is 1. The quantitative estimate of drug-likeness (QED) is 0.629. The summed E-state index contributed by atoms with van der Waals surface area (Å²) >= 11 is 0. The number of hydrogen-bond donors (Lipinski definition) is 0. The van der Waals surface area contributed by atoms with E-state index in [-0.39, 0.29) is 31.1 Å². The Balaban J connectivity index is 1.44. The first-order chi connectivity index (χ1) is 15.5. The highest BCUT2D eigenvalue weighted by atomic mass is 16.5. The third-order valence-electron chi connectivity index (χ3n) is 5.93. The molecule has 1 fully saturated rings. The number of hydrogen-bond acceptors (Lipinski definition) is 6. The SMILES string of the molecule is Cc1nc(CN(C)C(=O)COC[C@H]2CCCO2)nc2c1CCC(=O)N2Cc1ccccc1. The number of amides is 2. The molecule has 32 heavy (non-hydrogen) atoms. The van der Waals surface area contributed by atoms with Gasteiger partial charge in [0, 0.05) is 31.3 Å². The zero-order valence-corrected chi connectivity index (χ0v) is 18.7. The molecule has 8 nitrogen and oxygen atoms in total. The molecule has 0 unspecified atom stereocenters. The number of carbonyl (C=O) groups is 2. The molecule has 0 spiro atoms. The number of ether oxygens (including phenoxy) is 2. The molecule has 2 amide bonds. The van der Waals surface area contributed by atoms with E-state index in [9.17, 15) is 9.59 Å². The van der Waals surface area contributed by atoms with Gasteiger partial charge in [-0.1, -0.05) is 30.3 Å². The summed E-state index contributed by atoms with van der Waals surface area (Å²) in [5, 5.41) is 0. The predicted octanol–water partition coefficient (Wildman–Crippen LogP) is 2.42. The van der Waals surface area contributed by atoms with Crippen LogP contribution in [0.2, 0.25) is 0 Å². The van der Waals surface area contributed by atoms with Crippen molar-refractivity contribution in [3.63, 3.8) is 0 Å². The van der Waals surface area contributed by atoms with Gasteiger partial charge in [0.05, 0.1) is 25.8 Å². The van der Waals surface area contributed by atoms with E-state index in [0.29, 0.717) is 37.6 Å². The molecule has 0 aliphatic carbocycles. The van der Waals surface area contributed by atoms with E-state index in [1.807, 2.05) is 37.3 Å². The van der Waals surface area contributed by atoms with E-state index >= 15 is 0 Å². The third kappa shape index (κ3) is 5.31. The van der Waals surface area contributed by atoms with Gasteiger partial charge in [-0.3, -0.25) is 14.5 Å². The molecule has 3 heterocycles. The second-order valence-corrected chi connectivity index (χ2v) is 8.39. The van der Waals surface area contributed by atoms with Gasteiger partial charge in [0.2, 0.25) is 11.8 Å². The molecule has 4 rings (SSSR count). The number of carbonyl (C=O) groups excluding carboxylic acids is 2. The van der Waals surface area contributed by atoms with Crippen LogP contribution in [0, 0.1) is 6.92 Å². The maximum atomic E-state index is 12.7. The van der Waals surface area contributed by atoms with Crippen LogP contribution >= 0.6 is 0 Å². The van der Waals surface area contributed by atoms with Crippen LogP contribution < -0.4 is 4.90 Å². The van der Waals surface area contributed by atoms with E-state index in [4.69, 9.17) is 14.5 Å². The molecule has 0 N–H and O–H groups in total. The summed E-state index contributed by atoms with van der Waals surface area (Å²) < 4.78 is 11.1. The van der Waals surface area contributed by atoms with E-state index in [1.165, 1.54) is 0 Å². The fourth-order valence-corrected chi connectivity index (χ4v) is 4.10. The summed E-state index contributed by atoms with van der Waals surface area (Å²) in [5.74, 6) is 1.09. The van der Waals surface area contributed by atoms with Crippen molar-refractivity contribution in [3.05, 3.63) is 53.0 Å². The lowest BCUT2D eigenvalue weighted by Gasteiger charge is -2.30. The first-order valence-electron chi connectivity index (χ1n) is 11.1. The normalized spacial score (nSPS) is 18.0. The Morgan fingerprint density at radius 2 is 2.06 bits per heavy atom. The van der Waals surface area contributed by atoms with E-state index < -0.39 is 0 Å². The summed E-state index contributed by atoms with van der Waals surface area (Å²) in [6.07, 6.45) is 3.19. The Labute approximate surface area is 188 Å².